The van der Waals surface area contributed by atoms with E-state index in [0.29, 0.717) is 18.8 Å². The standard InChI is InChI=1S/C15H23NO2/c1-12-8-15(6-7-18-12)16-10-13-4-3-5-14(9-13)11-17-2/h3-5,9,12,15-16H,6-8,10-11H2,1-2H3. The Hall–Kier alpha value is -0.900. The third-order valence-corrected chi connectivity index (χ3v) is 3.38. The summed E-state index contributed by atoms with van der Waals surface area (Å²) in [5.74, 6) is 0. The first-order valence-corrected chi connectivity index (χ1v) is 6.69. The smallest absolute Gasteiger partial charge is 0.0713 e. The molecule has 1 heterocycles. The van der Waals surface area contributed by atoms with E-state index in [4.69, 9.17) is 9.47 Å². The van der Waals surface area contributed by atoms with Gasteiger partial charge in [-0.1, -0.05) is 24.3 Å². The first-order valence-electron chi connectivity index (χ1n) is 6.69. The summed E-state index contributed by atoms with van der Waals surface area (Å²) in [4.78, 5) is 0. The lowest BCUT2D eigenvalue weighted by molar-refractivity contribution is 0.0130. The van der Waals surface area contributed by atoms with E-state index in [-0.39, 0.29) is 0 Å². The molecule has 1 aliphatic heterocycles. The Morgan fingerprint density at radius 1 is 1.39 bits per heavy atom. The van der Waals surface area contributed by atoms with E-state index >= 15 is 0 Å². The van der Waals surface area contributed by atoms with Crippen molar-refractivity contribution in [1.29, 1.82) is 0 Å². The highest BCUT2D eigenvalue weighted by Crippen LogP contribution is 2.14. The molecule has 0 amide bonds. The van der Waals surface area contributed by atoms with Gasteiger partial charge >= 0.3 is 0 Å². The zero-order valence-corrected chi connectivity index (χ0v) is 11.3. The van der Waals surface area contributed by atoms with Gasteiger partial charge in [-0.05, 0) is 30.9 Å². The molecule has 0 spiro atoms. The highest BCUT2D eigenvalue weighted by atomic mass is 16.5. The number of hydrogen-bond donors (Lipinski definition) is 1. The summed E-state index contributed by atoms with van der Waals surface area (Å²) in [5, 5.41) is 3.62. The van der Waals surface area contributed by atoms with Crippen LogP contribution >= 0.6 is 0 Å². The maximum atomic E-state index is 5.55. The molecule has 3 nitrogen and oxygen atoms in total. The average molecular weight is 249 g/mol. The van der Waals surface area contributed by atoms with Gasteiger partial charge in [-0.2, -0.15) is 0 Å². The van der Waals surface area contributed by atoms with Gasteiger partial charge in [0, 0.05) is 26.3 Å². The van der Waals surface area contributed by atoms with Gasteiger partial charge in [-0.25, -0.2) is 0 Å². The zero-order valence-electron chi connectivity index (χ0n) is 11.3. The lowest BCUT2D eigenvalue weighted by atomic mass is 10.0. The van der Waals surface area contributed by atoms with Crippen molar-refractivity contribution in [2.24, 2.45) is 0 Å². The van der Waals surface area contributed by atoms with E-state index < -0.39 is 0 Å². The molecule has 100 valence electrons. The van der Waals surface area contributed by atoms with Gasteiger partial charge in [0.05, 0.1) is 12.7 Å². The molecular formula is C15H23NO2. The maximum absolute atomic E-state index is 5.55. The molecule has 2 unspecified atom stereocenters. The third kappa shape index (κ3) is 4.09. The Labute approximate surface area is 109 Å². The van der Waals surface area contributed by atoms with Crippen LogP contribution in [0.1, 0.15) is 30.9 Å². The Kier molecular flexibility index (Phi) is 5.17. The molecule has 0 radical (unpaired) electrons. The lowest BCUT2D eigenvalue weighted by Gasteiger charge is -2.28. The monoisotopic (exact) mass is 249 g/mol. The largest absolute Gasteiger partial charge is 0.380 e. The van der Waals surface area contributed by atoms with Crippen molar-refractivity contribution in [3.8, 4) is 0 Å². The first kappa shape index (κ1) is 13.5. The molecule has 1 aromatic rings. The van der Waals surface area contributed by atoms with Gasteiger partial charge in [-0.15, -0.1) is 0 Å². The molecule has 0 aromatic heterocycles. The van der Waals surface area contributed by atoms with Crippen LogP contribution in [0.25, 0.3) is 0 Å². The number of nitrogens with one attached hydrogen (secondary N) is 1. The van der Waals surface area contributed by atoms with Gasteiger partial charge in [0.2, 0.25) is 0 Å². The summed E-state index contributed by atoms with van der Waals surface area (Å²) in [5.41, 5.74) is 2.56. The quantitative estimate of drug-likeness (QED) is 0.869. The lowest BCUT2D eigenvalue weighted by Crippen LogP contribution is -2.37. The molecular weight excluding hydrogens is 226 g/mol. The van der Waals surface area contributed by atoms with Crippen LogP contribution in [0.15, 0.2) is 24.3 Å². The second-order valence-electron chi connectivity index (χ2n) is 5.04. The summed E-state index contributed by atoms with van der Waals surface area (Å²) in [6.07, 6.45) is 2.61. The van der Waals surface area contributed by atoms with Gasteiger partial charge in [0.25, 0.3) is 0 Å². The molecule has 1 fully saturated rings. The normalized spacial score (nSPS) is 24.1. The number of hydrogen-bond acceptors (Lipinski definition) is 3. The van der Waals surface area contributed by atoms with Crippen molar-refractivity contribution in [2.45, 2.75) is 45.1 Å². The Morgan fingerprint density at radius 2 is 2.22 bits per heavy atom. The Bertz CT molecular complexity index is 367. The highest BCUT2D eigenvalue weighted by molar-refractivity contribution is 5.22. The predicted molar refractivity (Wildman–Crippen MR) is 72.4 cm³/mol. The molecule has 2 rings (SSSR count). The summed E-state index contributed by atoms with van der Waals surface area (Å²) in [6, 6.07) is 9.15. The minimum Gasteiger partial charge on any atom is -0.380 e. The molecule has 18 heavy (non-hydrogen) atoms. The molecule has 0 aliphatic carbocycles. The minimum atomic E-state index is 0.385. The third-order valence-electron chi connectivity index (χ3n) is 3.38. The summed E-state index contributed by atoms with van der Waals surface area (Å²) in [6.45, 7) is 4.63. The van der Waals surface area contributed by atoms with Gasteiger partial charge in [0.1, 0.15) is 0 Å². The molecule has 1 N–H and O–H groups in total. The Morgan fingerprint density at radius 3 is 3.00 bits per heavy atom. The number of ether oxygens (including phenoxy) is 2. The molecule has 1 aliphatic rings. The van der Waals surface area contributed by atoms with Crippen molar-refractivity contribution in [3.05, 3.63) is 35.4 Å². The fourth-order valence-electron chi connectivity index (χ4n) is 2.44. The average Bonchev–Trinajstić information content (AvgIpc) is 2.37. The Balaban J connectivity index is 1.83. The molecule has 2 atom stereocenters. The fraction of sp³-hybridized carbons (Fsp3) is 0.600. The van der Waals surface area contributed by atoms with Crippen molar-refractivity contribution in [2.75, 3.05) is 13.7 Å². The van der Waals surface area contributed by atoms with Gasteiger partial charge in [-0.3, -0.25) is 0 Å². The molecule has 0 saturated carbocycles. The van der Waals surface area contributed by atoms with Crippen molar-refractivity contribution in [1.82, 2.24) is 5.32 Å². The van der Waals surface area contributed by atoms with Crippen LogP contribution in [0.3, 0.4) is 0 Å². The van der Waals surface area contributed by atoms with Crippen LogP contribution < -0.4 is 5.32 Å². The van der Waals surface area contributed by atoms with E-state index in [2.05, 4.69) is 36.5 Å². The van der Waals surface area contributed by atoms with E-state index in [9.17, 15) is 0 Å². The van der Waals surface area contributed by atoms with Gasteiger partial charge < -0.3 is 14.8 Å². The fourth-order valence-corrected chi connectivity index (χ4v) is 2.44. The number of methoxy groups -OCH3 is 1. The van der Waals surface area contributed by atoms with Crippen molar-refractivity contribution < 1.29 is 9.47 Å². The first-order chi connectivity index (χ1) is 8.78. The number of rotatable bonds is 5. The summed E-state index contributed by atoms with van der Waals surface area (Å²) in [7, 11) is 1.73. The molecule has 0 bridgehead atoms. The molecule has 1 aromatic carbocycles. The summed E-state index contributed by atoms with van der Waals surface area (Å²) < 4.78 is 10.7. The second kappa shape index (κ2) is 6.88. The van der Waals surface area contributed by atoms with Gasteiger partial charge in [0.15, 0.2) is 0 Å². The maximum Gasteiger partial charge on any atom is 0.0713 e. The second-order valence-corrected chi connectivity index (χ2v) is 5.04. The van der Waals surface area contributed by atoms with Crippen LogP contribution in [0, 0.1) is 0 Å². The molecule has 1 saturated heterocycles. The SMILES string of the molecule is COCc1cccc(CNC2CCOC(C)C2)c1. The zero-order chi connectivity index (χ0) is 12.8. The van der Waals surface area contributed by atoms with Crippen molar-refractivity contribution >= 4 is 0 Å². The summed E-state index contributed by atoms with van der Waals surface area (Å²) >= 11 is 0. The topological polar surface area (TPSA) is 30.5 Å². The predicted octanol–water partition coefficient (Wildman–Crippen LogP) is 2.49. The van der Waals surface area contributed by atoms with Crippen LogP contribution in [0.4, 0.5) is 0 Å². The van der Waals surface area contributed by atoms with Crippen LogP contribution in [-0.2, 0) is 22.6 Å². The van der Waals surface area contributed by atoms with E-state index in [1.165, 1.54) is 11.1 Å². The highest BCUT2D eigenvalue weighted by Gasteiger charge is 2.18. The molecule has 3 heteroatoms. The van der Waals surface area contributed by atoms with Crippen LogP contribution in [-0.4, -0.2) is 25.9 Å². The number of benzene rings is 1. The van der Waals surface area contributed by atoms with E-state index in [1.54, 1.807) is 7.11 Å². The van der Waals surface area contributed by atoms with E-state index in [0.717, 1.165) is 26.0 Å². The van der Waals surface area contributed by atoms with Crippen LogP contribution in [0.2, 0.25) is 0 Å². The minimum absolute atomic E-state index is 0.385. The van der Waals surface area contributed by atoms with Crippen LogP contribution in [0.5, 0.6) is 0 Å². The van der Waals surface area contributed by atoms with Crippen molar-refractivity contribution in [3.63, 3.8) is 0 Å². The van der Waals surface area contributed by atoms with E-state index in [1.807, 2.05) is 0 Å².